The number of fused-ring (bicyclic) bond motifs is 2. The molecule has 0 saturated carbocycles. The Morgan fingerprint density at radius 3 is 2.79 bits per heavy atom. The van der Waals surface area contributed by atoms with Gasteiger partial charge < -0.3 is 0 Å². The maximum atomic E-state index is 13.3. The van der Waals surface area contributed by atoms with Crippen LogP contribution in [0.1, 0.15) is 24.8 Å². The second kappa shape index (κ2) is 6.72. The minimum atomic E-state index is -3.76. The molecule has 1 fully saturated rings. The molecule has 1 aromatic carbocycles. The third kappa shape index (κ3) is 2.87. The van der Waals surface area contributed by atoms with Gasteiger partial charge in [0.15, 0.2) is 5.65 Å². The first-order valence-corrected chi connectivity index (χ1v) is 11.3. The SMILES string of the molecule is O=S(=O)(c1ccc(Cl)cc1)n1cc(C2=CCN3CCCC3C2)c2cccnc21. The van der Waals surface area contributed by atoms with Gasteiger partial charge in [-0.05, 0) is 67.8 Å². The molecule has 0 N–H and O–H groups in total. The number of benzene rings is 1. The van der Waals surface area contributed by atoms with E-state index >= 15 is 0 Å². The van der Waals surface area contributed by atoms with Crippen LogP contribution in [0.5, 0.6) is 0 Å². The van der Waals surface area contributed by atoms with Crippen molar-refractivity contribution in [1.29, 1.82) is 0 Å². The number of hydrogen-bond donors (Lipinski definition) is 0. The molecule has 28 heavy (non-hydrogen) atoms. The average molecular weight is 414 g/mol. The monoisotopic (exact) mass is 413 g/mol. The van der Waals surface area contributed by atoms with Crippen LogP contribution in [-0.2, 0) is 10.0 Å². The highest BCUT2D eigenvalue weighted by Gasteiger charge is 2.30. The highest BCUT2D eigenvalue weighted by Crippen LogP contribution is 2.36. The van der Waals surface area contributed by atoms with Gasteiger partial charge in [0.05, 0.1) is 4.90 Å². The van der Waals surface area contributed by atoms with Crippen molar-refractivity contribution in [2.75, 3.05) is 13.1 Å². The van der Waals surface area contributed by atoms with Gasteiger partial charge in [0, 0.05) is 41.0 Å². The fourth-order valence-corrected chi connectivity index (χ4v) is 5.79. The van der Waals surface area contributed by atoms with E-state index in [0.29, 0.717) is 16.7 Å². The molecule has 0 bridgehead atoms. The number of pyridine rings is 1. The van der Waals surface area contributed by atoms with Crippen LogP contribution >= 0.6 is 11.6 Å². The Kier molecular flexibility index (Phi) is 4.30. The van der Waals surface area contributed by atoms with E-state index in [1.54, 1.807) is 24.5 Å². The minimum Gasteiger partial charge on any atom is -0.296 e. The van der Waals surface area contributed by atoms with E-state index in [-0.39, 0.29) is 4.90 Å². The van der Waals surface area contributed by atoms with Crippen molar-refractivity contribution in [2.24, 2.45) is 0 Å². The smallest absolute Gasteiger partial charge is 0.269 e. The molecule has 5 nitrogen and oxygen atoms in total. The number of hydrogen-bond acceptors (Lipinski definition) is 4. The van der Waals surface area contributed by atoms with Crippen molar-refractivity contribution >= 4 is 38.2 Å². The van der Waals surface area contributed by atoms with Crippen LogP contribution in [0.3, 0.4) is 0 Å². The molecular formula is C21H20ClN3O2S. The Balaban J connectivity index is 1.64. The van der Waals surface area contributed by atoms with Gasteiger partial charge in [-0.15, -0.1) is 0 Å². The van der Waals surface area contributed by atoms with Crippen LogP contribution in [0.2, 0.25) is 5.02 Å². The molecule has 0 amide bonds. The Morgan fingerprint density at radius 1 is 1.14 bits per heavy atom. The van der Waals surface area contributed by atoms with E-state index in [4.69, 9.17) is 11.6 Å². The lowest BCUT2D eigenvalue weighted by molar-refractivity contribution is 0.275. The zero-order valence-corrected chi connectivity index (χ0v) is 16.8. The highest BCUT2D eigenvalue weighted by atomic mass is 35.5. The lowest BCUT2D eigenvalue weighted by Crippen LogP contribution is -2.32. The van der Waals surface area contributed by atoms with Gasteiger partial charge in [0.2, 0.25) is 0 Å². The zero-order valence-electron chi connectivity index (χ0n) is 15.3. The summed E-state index contributed by atoms with van der Waals surface area (Å²) in [5.74, 6) is 0. The van der Waals surface area contributed by atoms with Crippen molar-refractivity contribution in [1.82, 2.24) is 13.9 Å². The summed E-state index contributed by atoms with van der Waals surface area (Å²) < 4.78 is 27.9. The molecule has 0 spiro atoms. The maximum Gasteiger partial charge on any atom is 0.269 e. The largest absolute Gasteiger partial charge is 0.296 e. The lowest BCUT2D eigenvalue weighted by atomic mass is 9.94. The topological polar surface area (TPSA) is 55.2 Å². The summed E-state index contributed by atoms with van der Waals surface area (Å²) in [6.45, 7) is 2.08. The normalized spacial score (nSPS) is 20.3. The van der Waals surface area contributed by atoms with Crippen molar-refractivity contribution in [2.45, 2.75) is 30.2 Å². The van der Waals surface area contributed by atoms with Crippen LogP contribution in [0.25, 0.3) is 16.6 Å². The first kappa shape index (κ1) is 17.9. The van der Waals surface area contributed by atoms with Gasteiger partial charge in [0.25, 0.3) is 10.0 Å². The van der Waals surface area contributed by atoms with Crippen LogP contribution in [0.4, 0.5) is 0 Å². The van der Waals surface area contributed by atoms with Gasteiger partial charge >= 0.3 is 0 Å². The van der Waals surface area contributed by atoms with Crippen LogP contribution in [0.15, 0.2) is 59.8 Å². The van der Waals surface area contributed by atoms with Crippen LogP contribution in [0, 0.1) is 0 Å². The maximum absolute atomic E-state index is 13.3. The standard InChI is InChI=1S/C21H20ClN3O2S/c22-16-5-7-18(8-6-16)28(26,27)25-14-20(19-4-1-10-23-21(19)25)15-9-12-24-11-2-3-17(24)13-15/h1,4-10,14,17H,2-3,11-13H2. The average Bonchev–Trinajstić information content (AvgIpc) is 3.32. The summed E-state index contributed by atoms with van der Waals surface area (Å²) in [6, 6.07) is 10.6. The Morgan fingerprint density at radius 2 is 1.96 bits per heavy atom. The molecule has 1 saturated heterocycles. The fourth-order valence-electron chi connectivity index (χ4n) is 4.34. The van der Waals surface area contributed by atoms with E-state index < -0.39 is 10.0 Å². The molecule has 5 rings (SSSR count). The quantitative estimate of drug-likeness (QED) is 0.646. The third-order valence-corrected chi connectivity index (χ3v) is 7.69. The molecule has 7 heteroatoms. The van der Waals surface area contributed by atoms with Gasteiger partial charge in [0.1, 0.15) is 0 Å². The Labute approximate surface area is 169 Å². The van der Waals surface area contributed by atoms with E-state index in [0.717, 1.165) is 30.5 Å². The van der Waals surface area contributed by atoms with Gasteiger partial charge in [-0.3, -0.25) is 4.90 Å². The summed E-state index contributed by atoms with van der Waals surface area (Å²) in [5, 5.41) is 1.38. The lowest BCUT2D eigenvalue weighted by Gasteiger charge is -2.29. The zero-order chi connectivity index (χ0) is 19.3. The van der Waals surface area contributed by atoms with E-state index in [2.05, 4.69) is 16.0 Å². The molecule has 2 aliphatic rings. The third-order valence-electron chi connectivity index (χ3n) is 5.78. The summed E-state index contributed by atoms with van der Waals surface area (Å²) in [6.07, 6.45) is 9.00. The Bertz CT molecular complexity index is 1180. The molecule has 2 aromatic heterocycles. The summed E-state index contributed by atoms with van der Waals surface area (Å²) in [7, 11) is -3.76. The Hall–Kier alpha value is -2.15. The molecule has 3 aromatic rings. The predicted molar refractivity (Wildman–Crippen MR) is 111 cm³/mol. The van der Waals surface area contributed by atoms with Crippen LogP contribution in [-0.4, -0.2) is 41.4 Å². The van der Waals surface area contributed by atoms with Crippen molar-refractivity contribution < 1.29 is 8.42 Å². The molecule has 1 unspecified atom stereocenters. The second-order valence-electron chi connectivity index (χ2n) is 7.40. The molecule has 4 heterocycles. The summed E-state index contributed by atoms with van der Waals surface area (Å²) in [4.78, 5) is 7.10. The minimum absolute atomic E-state index is 0.200. The predicted octanol–water partition coefficient (Wildman–Crippen LogP) is 4.18. The number of halogens is 1. The first-order valence-electron chi connectivity index (χ1n) is 9.45. The van der Waals surface area contributed by atoms with Gasteiger partial charge in [-0.2, -0.15) is 0 Å². The summed E-state index contributed by atoms with van der Waals surface area (Å²) in [5.41, 5.74) is 2.64. The number of nitrogens with zero attached hydrogens (tertiary/aromatic N) is 3. The molecule has 144 valence electrons. The molecule has 0 aliphatic carbocycles. The van der Waals surface area contributed by atoms with E-state index in [1.807, 2.05) is 12.1 Å². The first-order chi connectivity index (χ1) is 13.5. The van der Waals surface area contributed by atoms with Crippen LogP contribution < -0.4 is 0 Å². The van der Waals surface area contributed by atoms with E-state index in [9.17, 15) is 8.42 Å². The number of rotatable bonds is 3. The molecule has 1 atom stereocenters. The molecule has 2 aliphatic heterocycles. The number of aromatic nitrogens is 2. The fraction of sp³-hybridized carbons (Fsp3) is 0.286. The van der Waals surface area contributed by atoms with Gasteiger partial charge in [-0.1, -0.05) is 17.7 Å². The molecular weight excluding hydrogens is 394 g/mol. The second-order valence-corrected chi connectivity index (χ2v) is 9.65. The summed E-state index contributed by atoms with van der Waals surface area (Å²) >= 11 is 5.93. The van der Waals surface area contributed by atoms with Crippen molar-refractivity contribution in [3.63, 3.8) is 0 Å². The van der Waals surface area contributed by atoms with E-state index in [1.165, 1.54) is 34.5 Å². The highest BCUT2D eigenvalue weighted by molar-refractivity contribution is 7.90. The van der Waals surface area contributed by atoms with Crippen molar-refractivity contribution in [3.05, 3.63) is 65.5 Å². The van der Waals surface area contributed by atoms with Gasteiger partial charge in [-0.25, -0.2) is 17.4 Å². The molecule has 0 radical (unpaired) electrons. The van der Waals surface area contributed by atoms with Crippen molar-refractivity contribution in [3.8, 4) is 0 Å².